The smallest absolute Gasteiger partial charge is 0.309 e. The van der Waals surface area contributed by atoms with Crippen molar-refractivity contribution < 1.29 is 9.53 Å². The highest BCUT2D eigenvalue weighted by Crippen LogP contribution is 2.30. The number of esters is 1. The van der Waals surface area contributed by atoms with Crippen LogP contribution in [-0.4, -0.2) is 5.97 Å². The topological polar surface area (TPSA) is 26.3 Å². The zero-order valence-electron chi connectivity index (χ0n) is 12.5. The predicted molar refractivity (Wildman–Crippen MR) is 85.0 cm³/mol. The fourth-order valence-corrected chi connectivity index (χ4v) is 3.28. The van der Waals surface area contributed by atoms with Gasteiger partial charge in [0.2, 0.25) is 0 Å². The van der Waals surface area contributed by atoms with Crippen molar-refractivity contribution in [2.75, 3.05) is 0 Å². The number of benzene rings is 2. The fourth-order valence-electron chi connectivity index (χ4n) is 3.28. The quantitative estimate of drug-likeness (QED) is 0.738. The van der Waals surface area contributed by atoms with E-state index in [2.05, 4.69) is 24.3 Å². The van der Waals surface area contributed by atoms with Crippen LogP contribution in [0.15, 0.2) is 42.5 Å². The lowest BCUT2D eigenvalue weighted by Crippen LogP contribution is -2.21. The number of carbonyl (C=O) groups excluding carboxylic acids is 1. The Morgan fingerprint density at radius 1 is 1.05 bits per heavy atom. The van der Waals surface area contributed by atoms with E-state index in [-0.39, 0.29) is 18.0 Å². The lowest BCUT2D eigenvalue weighted by molar-refractivity contribution is -0.154. The van der Waals surface area contributed by atoms with Gasteiger partial charge in [-0.15, -0.1) is 0 Å². The van der Waals surface area contributed by atoms with Crippen LogP contribution in [0.3, 0.4) is 0 Å². The first-order valence-corrected chi connectivity index (χ1v) is 7.94. The van der Waals surface area contributed by atoms with Crippen LogP contribution >= 0.6 is 0 Å². The van der Waals surface area contributed by atoms with E-state index >= 15 is 0 Å². The third kappa shape index (κ3) is 3.10. The number of rotatable bonds is 3. The Kier molecular flexibility index (Phi) is 4.23. The Morgan fingerprint density at radius 3 is 2.57 bits per heavy atom. The van der Waals surface area contributed by atoms with Crippen LogP contribution in [0.25, 0.3) is 10.8 Å². The highest BCUT2D eigenvalue weighted by molar-refractivity contribution is 5.86. The summed E-state index contributed by atoms with van der Waals surface area (Å²) in [7, 11) is 0. The van der Waals surface area contributed by atoms with E-state index in [0.717, 1.165) is 31.2 Å². The summed E-state index contributed by atoms with van der Waals surface area (Å²) >= 11 is 0. The molecule has 2 heteroatoms. The molecule has 0 N–H and O–H groups in total. The van der Waals surface area contributed by atoms with Crippen molar-refractivity contribution >= 4 is 16.7 Å². The molecule has 1 saturated carbocycles. The fraction of sp³-hybridized carbons (Fsp3) is 0.421. The monoisotopic (exact) mass is 282 g/mol. The third-order valence-corrected chi connectivity index (χ3v) is 4.49. The van der Waals surface area contributed by atoms with Crippen LogP contribution in [0.1, 0.15) is 50.7 Å². The summed E-state index contributed by atoms with van der Waals surface area (Å²) in [4.78, 5) is 12.3. The molecule has 0 amide bonds. The van der Waals surface area contributed by atoms with E-state index in [0.29, 0.717) is 0 Å². The van der Waals surface area contributed by atoms with Gasteiger partial charge in [0, 0.05) is 0 Å². The van der Waals surface area contributed by atoms with Crippen LogP contribution in [-0.2, 0) is 9.53 Å². The molecular formula is C19H22O2. The molecule has 0 radical (unpaired) electrons. The molecule has 21 heavy (non-hydrogen) atoms. The molecule has 2 aromatic carbocycles. The predicted octanol–water partition coefficient (Wildman–Crippen LogP) is 5.02. The second-order valence-corrected chi connectivity index (χ2v) is 5.98. The van der Waals surface area contributed by atoms with Gasteiger partial charge in [-0.1, -0.05) is 61.7 Å². The molecule has 0 aromatic heterocycles. The van der Waals surface area contributed by atoms with Crippen LogP contribution < -0.4 is 0 Å². The summed E-state index contributed by atoms with van der Waals surface area (Å²) in [5.41, 5.74) is 1.09. The Morgan fingerprint density at radius 2 is 1.76 bits per heavy atom. The second-order valence-electron chi connectivity index (χ2n) is 5.98. The van der Waals surface area contributed by atoms with Gasteiger partial charge in [0.15, 0.2) is 0 Å². The summed E-state index contributed by atoms with van der Waals surface area (Å²) in [5.74, 6) is 0.0892. The maximum atomic E-state index is 12.3. The molecule has 0 spiro atoms. The Balaban J connectivity index is 1.77. The molecule has 1 aliphatic rings. The highest BCUT2D eigenvalue weighted by Gasteiger charge is 2.24. The van der Waals surface area contributed by atoms with Crippen LogP contribution in [0.5, 0.6) is 0 Å². The van der Waals surface area contributed by atoms with Crippen molar-refractivity contribution in [3.8, 4) is 0 Å². The number of fused-ring (bicyclic) bond motifs is 1. The minimum atomic E-state index is -0.189. The van der Waals surface area contributed by atoms with Crippen LogP contribution in [0.2, 0.25) is 0 Å². The summed E-state index contributed by atoms with van der Waals surface area (Å²) in [6.07, 6.45) is 5.35. The molecule has 0 bridgehead atoms. The minimum Gasteiger partial charge on any atom is -0.458 e. The second kappa shape index (κ2) is 6.30. The molecule has 2 nitrogen and oxygen atoms in total. The molecule has 1 atom stereocenters. The van der Waals surface area contributed by atoms with Crippen molar-refractivity contribution in [2.24, 2.45) is 5.92 Å². The van der Waals surface area contributed by atoms with Crippen LogP contribution in [0, 0.1) is 5.92 Å². The first-order chi connectivity index (χ1) is 10.3. The van der Waals surface area contributed by atoms with Gasteiger partial charge in [-0.05, 0) is 36.1 Å². The third-order valence-electron chi connectivity index (χ3n) is 4.49. The lowest BCUT2D eigenvalue weighted by Gasteiger charge is -2.23. The summed E-state index contributed by atoms with van der Waals surface area (Å²) in [6, 6.07) is 14.4. The van der Waals surface area contributed by atoms with E-state index in [9.17, 15) is 4.79 Å². The average Bonchev–Trinajstić information content (AvgIpc) is 2.55. The normalized spacial score (nSPS) is 17.6. The van der Waals surface area contributed by atoms with E-state index in [1.165, 1.54) is 17.2 Å². The molecule has 110 valence electrons. The first-order valence-electron chi connectivity index (χ1n) is 7.94. The zero-order valence-corrected chi connectivity index (χ0v) is 12.5. The molecular weight excluding hydrogens is 260 g/mol. The average molecular weight is 282 g/mol. The minimum absolute atomic E-state index is 0.0184. The largest absolute Gasteiger partial charge is 0.458 e. The summed E-state index contributed by atoms with van der Waals surface area (Å²) in [5, 5.41) is 2.36. The van der Waals surface area contributed by atoms with Crippen molar-refractivity contribution in [2.45, 2.75) is 45.1 Å². The molecule has 1 unspecified atom stereocenters. The number of hydrogen-bond acceptors (Lipinski definition) is 2. The van der Waals surface area contributed by atoms with E-state index in [4.69, 9.17) is 4.74 Å². The van der Waals surface area contributed by atoms with Crippen molar-refractivity contribution in [3.63, 3.8) is 0 Å². The number of ether oxygens (including phenoxy) is 1. The Bertz CT molecular complexity index is 621. The Labute approximate surface area is 126 Å². The van der Waals surface area contributed by atoms with Gasteiger partial charge in [0.05, 0.1) is 5.92 Å². The summed E-state index contributed by atoms with van der Waals surface area (Å²) in [6.45, 7) is 1.97. The van der Waals surface area contributed by atoms with Crippen LogP contribution in [0.4, 0.5) is 0 Å². The molecule has 2 aromatic rings. The molecule has 0 saturated heterocycles. The van der Waals surface area contributed by atoms with Gasteiger partial charge >= 0.3 is 5.97 Å². The molecule has 0 aliphatic heterocycles. The molecule has 1 aliphatic carbocycles. The van der Waals surface area contributed by atoms with E-state index in [1.807, 2.05) is 25.1 Å². The number of hydrogen-bond donors (Lipinski definition) is 0. The highest BCUT2D eigenvalue weighted by atomic mass is 16.5. The van der Waals surface area contributed by atoms with Gasteiger partial charge in [-0.3, -0.25) is 4.79 Å². The lowest BCUT2D eigenvalue weighted by atomic mass is 9.89. The zero-order chi connectivity index (χ0) is 14.7. The first kappa shape index (κ1) is 14.1. The SMILES string of the molecule is CC(OC(=O)C1CCCCC1)c1cccc2ccccc12. The van der Waals surface area contributed by atoms with E-state index < -0.39 is 0 Å². The standard InChI is InChI=1S/C19H22O2/c1-14(21-19(20)16-9-3-2-4-10-16)17-13-7-11-15-8-5-6-12-18(15)17/h5-8,11-14,16H,2-4,9-10H2,1H3. The molecule has 0 heterocycles. The van der Waals surface area contributed by atoms with Gasteiger partial charge in [-0.2, -0.15) is 0 Å². The Hall–Kier alpha value is -1.83. The van der Waals surface area contributed by atoms with E-state index in [1.54, 1.807) is 0 Å². The van der Waals surface area contributed by atoms with Crippen molar-refractivity contribution in [3.05, 3.63) is 48.0 Å². The van der Waals surface area contributed by atoms with Gasteiger partial charge < -0.3 is 4.74 Å². The maximum Gasteiger partial charge on any atom is 0.309 e. The molecule has 3 rings (SSSR count). The van der Waals surface area contributed by atoms with Crippen molar-refractivity contribution in [1.29, 1.82) is 0 Å². The van der Waals surface area contributed by atoms with Crippen molar-refractivity contribution in [1.82, 2.24) is 0 Å². The van der Waals surface area contributed by atoms with Gasteiger partial charge in [0.25, 0.3) is 0 Å². The maximum absolute atomic E-state index is 12.3. The molecule has 1 fully saturated rings. The van der Waals surface area contributed by atoms with Gasteiger partial charge in [-0.25, -0.2) is 0 Å². The number of carbonyl (C=O) groups is 1. The van der Waals surface area contributed by atoms with Gasteiger partial charge in [0.1, 0.15) is 6.10 Å². The summed E-state index contributed by atoms with van der Waals surface area (Å²) < 4.78 is 5.75.